The van der Waals surface area contributed by atoms with Gasteiger partial charge in [-0.3, -0.25) is 19.2 Å². The van der Waals surface area contributed by atoms with Crippen LogP contribution in [0, 0.1) is 56.9 Å². The van der Waals surface area contributed by atoms with Gasteiger partial charge in [-0.15, -0.1) is 0 Å². The number of esters is 3. The van der Waals surface area contributed by atoms with Gasteiger partial charge in [-0.2, -0.15) is 21.3 Å². The Hall–Kier alpha value is -4.26. The molecule has 4 heterocycles. The van der Waals surface area contributed by atoms with Crippen LogP contribution in [0.3, 0.4) is 0 Å². The first kappa shape index (κ1) is 152. The summed E-state index contributed by atoms with van der Waals surface area (Å²) < 4.78 is 39.7. The van der Waals surface area contributed by atoms with Crippen LogP contribution in [0.1, 0.15) is 248 Å². The minimum atomic E-state index is -0.502. The van der Waals surface area contributed by atoms with Crippen LogP contribution in [-0.4, -0.2) is 95.8 Å². The number of oxazole rings is 4. The van der Waals surface area contributed by atoms with Gasteiger partial charge in [0.1, 0.15) is 47.2 Å². The van der Waals surface area contributed by atoms with Crippen molar-refractivity contribution in [2.24, 2.45) is 0 Å². The number of aliphatic hydroxyl groups is 4. The Bertz CT molecular complexity index is 3120. The van der Waals surface area contributed by atoms with Crippen LogP contribution in [-0.2, 0) is 195 Å². The number of carbonyl (C=O) groups is 8. The molecule has 0 fully saturated rings. The fraction of sp³-hybridized carbons (Fsp3) is 0.413. The van der Waals surface area contributed by atoms with E-state index in [1.54, 1.807) is 72.8 Å². The van der Waals surface area contributed by atoms with Gasteiger partial charge in [0.2, 0.25) is 0 Å². The second-order valence-corrected chi connectivity index (χ2v) is 16.3. The maximum atomic E-state index is 11.3. The zero-order valence-electron chi connectivity index (χ0n) is 47.9. The molecular formula is C75H130N4O20Y4-8. The van der Waals surface area contributed by atoms with E-state index in [-0.39, 0.29) is 274 Å². The Balaban J connectivity index is -0.0000000451. The quantitative estimate of drug-likeness (QED) is 0.0143. The van der Waals surface area contributed by atoms with E-state index < -0.39 is 11.9 Å². The molecule has 0 atom stereocenters. The number of ether oxygens (including phenoxy) is 4. The average Bonchev–Trinajstić information content (AvgIpc) is 1.74. The number of aromatic nitrogens is 4. The summed E-state index contributed by atoms with van der Waals surface area (Å²) in [6.45, 7) is 0.0379. The molecule has 590 valence electrons. The number of benzene rings is 4. The van der Waals surface area contributed by atoms with E-state index in [1.807, 2.05) is 0 Å². The average molecular weight is 1760 g/mol. The maximum Gasteiger partial charge on any atom is 0.306 e. The monoisotopic (exact) mass is 1760 g/mol. The van der Waals surface area contributed by atoms with Crippen molar-refractivity contribution in [2.75, 3.05) is 6.61 Å². The van der Waals surface area contributed by atoms with Crippen LogP contribution >= 0.6 is 0 Å². The van der Waals surface area contributed by atoms with Crippen LogP contribution in [0.5, 0.6) is 0 Å². The fourth-order valence-electron chi connectivity index (χ4n) is 7.02. The third-order valence-corrected chi connectivity index (χ3v) is 10.7. The molecule has 0 aliphatic carbocycles. The number of nitrogens with zero attached hydrogens (tertiary/aromatic N) is 4. The smallest absolute Gasteiger partial charge is 0.306 e. The molecule has 0 spiro atoms. The van der Waals surface area contributed by atoms with E-state index in [4.69, 9.17) is 38.1 Å². The van der Waals surface area contributed by atoms with Crippen LogP contribution in [0.25, 0.3) is 44.4 Å². The van der Waals surface area contributed by atoms with Gasteiger partial charge in [-0.05, 0) is 111 Å². The van der Waals surface area contributed by atoms with Gasteiger partial charge < -0.3 is 66.6 Å². The van der Waals surface area contributed by atoms with Crippen molar-refractivity contribution in [3.63, 3.8) is 0 Å². The molecule has 0 aliphatic heterocycles. The van der Waals surface area contributed by atoms with Crippen molar-refractivity contribution < 1.29 is 226 Å². The number of Topliss-reactive ketones (excluding diaryl/α,β-unsaturated/α-hetero) is 1. The predicted molar refractivity (Wildman–Crippen MR) is 406 cm³/mol. The molecule has 0 aliphatic rings. The van der Waals surface area contributed by atoms with Crippen LogP contribution in [0.15, 0.2) is 90.5 Å². The second kappa shape index (κ2) is 93.8. The molecule has 103 heavy (non-hydrogen) atoms. The number of hydrogen-bond donors (Lipinski definition) is 4. The van der Waals surface area contributed by atoms with Gasteiger partial charge in [0.15, 0.2) is 51.7 Å². The van der Waals surface area contributed by atoms with Gasteiger partial charge in [0.05, 0.1) is 17.7 Å². The van der Waals surface area contributed by atoms with E-state index >= 15 is 0 Å². The Kier molecular flexibility index (Phi) is 139. The van der Waals surface area contributed by atoms with Crippen LogP contribution < -0.4 is 0 Å². The summed E-state index contributed by atoms with van der Waals surface area (Å²) in [5.41, 5.74) is 6.99. The molecule has 0 amide bonds. The fourth-order valence-corrected chi connectivity index (χ4v) is 7.02. The Morgan fingerprint density at radius 3 is 0.903 bits per heavy atom. The summed E-state index contributed by atoms with van der Waals surface area (Å²) in [6, 6.07) is 19.9. The van der Waals surface area contributed by atoms with Gasteiger partial charge >= 0.3 is 11.9 Å². The summed E-state index contributed by atoms with van der Waals surface area (Å²) in [7, 11) is 21.4. The number of carbonyl (C=O) groups excluding carboxylic acids is 8. The number of aldehydes is 4. The molecule has 4 aromatic heterocycles. The molecule has 4 aromatic carbocycles. The van der Waals surface area contributed by atoms with E-state index in [0.29, 0.717) is 148 Å². The Morgan fingerprint density at radius 1 is 0.369 bits per heavy atom. The van der Waals surface area contributed by atoms with E-state index in [1.165, 1.54) is 0 Å². The first-order valence-electron chi connectivity index (χ1n) is 24.8. The summed E-state index contributed by atoms with van der Waals surface area (Å²) in [4.78, 5) is 104. The number of hydrogen-bond acceptors (Lipinski definition) is 24. The third kappa shape index (κ3) is 57.6. The number of unbranched alkanes of at least 4 members (excludes halogenated alkanes) is 4. The van der Waals surface area contributed by atoms with Crippen molar-refractivity contribution in [3.8, 4) is 0 Å². The van der Waals surface area contributed by atoms with Crippen LogP contribution in [0.2, 0.25) is 0 Å². The molecule has 0 bridgehead atoms. The molecular weight excluding hydrogens is 1630 g/mol. The van der Waals surface area contributed by atoms with Crippen LogP contribution in [0.4, 0.5) is 0 Å². The Morgan fingerprint density at radius 2 is 0.641 bits per heavy atom. The molecule has 8 aromatic rings. The normalized spacial score (nSPS) is 7.96. The first-order valence-corrected chi connectivity index (χ1v) is 24.8. The van der Waals surface area contributed by atoms with Crippen molar-refractivity contribution in [2.45, 2.75) is 209 Å². The summed E-state index contributed by atoms with van der Waals surface area (Å²) >= 11 is 0. The Labute approximate surface area is 722 Å². The number of fused-ring (bicyclic) bond motifs is 4. The standard InChI is InChI=1S/3C14H14NO4.C13H12NO4.4CH3O.16CH4.4Y/c1-18-9-11(17)3-2-4-14-15-12-7-10(8-16)5-6-13(12)19-14;2*1-18-14(17)10-6-7-12-11(9-10)15-13(19-12)5-3-2-4-8-16;1-17-13(16)4-2-3-12-14-10-7-9(8-15)5-6-11(10)18-12;4*1-2;;;;;;;;;;;;;;;;;;;;/h5-8H,1-4,9H2;2*6-9H,1-5H2;5-8H,1-4H2;4*2H,1H2;16*1H4;;;;/q8*-1;;;;;;;;;;;;;;;;;;;;. The topological polar surface area (TPSA) is 359 Å². The number of ketones is 1. The zero-order valence-corrected chi connectivity index (χ0v) is 59.3. The summed E-state index contributed by atoms with van der Waals surface area (Å²) in [5, 5.41) is 27.0. The van der Waals surface area contributed by atoms with E-state index in [2.05, 4.69) is 95.8 Å². The van der Waals surface area contributed by atoms with Gasteiger partial charge in [-0.25, -0.2) is 65.1 Å². The SMILES string of the molecule is C.C.C.C.C.C.C.C.C.C.C.C.C.C.C.C.[CH2-]O.[CH2-]O.[CH2-]O.[CH2-]O.[CH2-]OC(=O)CCCc1nc2cc(C=O)ccc2o1.[CH2-]OC(=O)c1ccc2oc(CCCCC=O)nc2c1.[CH2-]OC(=O)c1ccc2oc(CCCCC=O)nc2c1.[CH2-]OCC(=O)CCCc1nc2cc(C=O)ccc2o1.[Y].[Y].[Y].[Y]. The van der Waals surface area contributed by atoms with Gasteiger partial charge in [0.25, 0.3) is 5.97 Å². The molecule has 0 unspecified atom stereocenters. The van der Waals surface area contributed by atoms with Crippen molar-refractivity contribution in [1.29, 1.82) is 0 Å². The molecule has 0 saturated heterocycles. The number of rotatable bonds is 24. The molecule has 4 radical (unpaired) electrons. The third-order valence-electron chi connectivity index (χ3n) is 10.7. The minimum Gasteiger partial charge on any atom is -0.640 e. The van der Waals surface area contributed by atoms with Crippen molar-refractivity contribution in [1.82, 2.24) is 19.9 Å². The van der Waals surface area contributed by atoms with Gasteiger partial charge in [0, 0.05) is 193 Å². The summed E-state index contributed by atoms with van der Waals surface area (Å²) in [5.74, 6) is 0.993. The molecule has 4 N–H and O–H groups in total. The molecule has 28 heteroatoms. The van der Waals surface area contributed by atoms with Crippen molar-refractivity contribution in [3.05, 3.63) is 175 Å². The molecule has 24 nitrogen and oxygen atoms in total. The molecule has 8 rings (SSSR count). The summed E-state index contributed by atoms with van der Waals surface area (Å²) in [6.07, 6.45) is 12.2. The van der Waals surface area contributed by atoms with E-state index in [0.717, 1.165) is 50.8 Å². The largest absolute Gasteiger partial charge is 0.640 e. The number of aryl methyl sites for hydroxylation is 4. The maximum absolute atomic E-state index is 11.3. The van der Waals surface area contributed by atoms with Crippen molar-refractivity contribution >= 4 is 93.2 Å². The first-order chi connectivity index (χ1) is 40.4. The second-order valence-electron chi connectivity index (χ2n) is 16.3. The number of aliphatic hydroxyl groups excluding tert-OH is 4. The zero-order chi connectivity index (χ0) is 62.0. The van der Waals surface area contributed by atoms with E-state index in [9.17, 15) is 38.4 Å². The minimum absolute atomic E-state index is 0. The molecule has 0 saturated carbocycles. The predicted octanol–water partition coefficient (Wildman–Crippen LogP) is 20.8. The van der Waals surface area contributed by atoms with Gasteiger partial charge in [-0.1, -0.05) is 119 Å².